The number of halogens is 2. The summed E-state index contributed by atoms with van der Waals surface area (Å²) in [5.41, 5.74) is 0.656. The largest absolute Gasteiger partial charge is 0.297 e. The fraction of sp³-hybridized carbons (Fsp3) is 0.389. The molecule has 28 heavy (non-hydrogen) atoms. The predicted molar refractivity (Wildman–Crippen MR) is 103 cm³/mol. The van der Waals surface area contributed by atoms with Crippen LogP contribution in [0, 0.1) is 12.8 Å². The molecule has 0 bridgehead atoms. The summed E-state index contributed by atoms with van der Waals surface area (Å²) in [4.78, 5) is 17.0. The minimum Gasteiger partial charge on any atom is -0.297 e. The lowest BCUT2D eigenvalue weighted by Crippen LogP contribution is -2.15. The zero-order valence-electron chi connectivity index (χ0n) is 15.2. The molecule has 1 aromatic heterocycles. The van der Waals surface area contributed by atoms with Crippen molar-refractivity contribution in [1.82, 2.24) is 9.36 Å². The number of benzene rings is 1. The molecule has 1 aliphatic carbocycles. The van der Waals surface area contributed by atoms with Crippen molar-refractivity contribution in [3.63, 3.8) is 0 Å². The quantitative estimate of drug-likeness (QED) is 0.739. The number of carbonyl (C=O) groups is 1. The van der Waals surface area contributed by atoms with E-state index in [1.807, 2.05) is 0 Å². The molecule has 1 aliphatic rings. The van der Waals surface area contributed by atoms with Crippen LogP contribution in [-0.2, 0) is 14.6 Å². The maximum atomic E-state index is 13.6. The van der Waals surface area contributed by atoms with Gasteiger partial charge in [-0.3, -0.25) is 10.1 Å². The van der Waals surface area contributed by atoms with Crippen LogP contribution in [0.25, 0.3) is 5.57 Å². The monoisotopic (exact) mass is 427 g/mol. The van der Waals surface area contributed by atoms with Gasteiger partial charge in [0.2, 0.25) is 5.13 Å². The van der Waals surface area contributed by atoms with E-state index in [9.17, 15) is 22.0 Å². The SMILES string of the molecule is Cc1nsc(NC(=O)/C(=C/[C@H]2C[C@@H](F)[C@@H](F)C2)c2ccc(S(C)(=O)=O)cc2)n1. The van der Waals surface area contributed by atoms with Crippen LogP contribution >= 0.6 is 11.5 Å². The van der Waals surface area contributed by atoms with Gasteiger partial charge in [0.25, 0.3) is 5.91 Å². The number of hydrogen-bond acceptors (Lipinski definition) is 6. The Hall–Kier alpha value is -2.20. The number of hydrogen-bond donors (Lipinski definition) is 1. The number of nitrogens with one attached hydrogen (secondary N) is 1. The first-order valence-corrected chi connectivity index (χ1v) is 11.2. The van der Waals surface area contributed by atoms with E-state index in [-0.39, 0.29) is 23.3 Å². The third kappa shape index (κ3) is 4.79. The second-order valence-corrected chi connectivity index (χ2v) is 9.51. The number of allylic oxidation sites excluding steroid dienone is 1. The van der Waals surface area contributed by atoms with Crippen LogP contribution in [0.4, 0.5) is 13.9 Å². The van der Waals surface area contributed by atoms with E-state index >= 15 is 0 Å². The normalized spacial score (nSPS) is 23.0. The highest BCUT2D eigenvalue weighted by Crippen LogP contribution is 2.34. The Balaban J connectivity index is 1.93. The van der Waals surface area contributed by atoms with Gasteiger partial charge in [-0.2, -0.15) is 4.37 Å². The maximum Gasteiger partial charge on any atom is 0.257 e. The molecule has 1 aromatic carbocycles. The number of alkyl halides is 2. The minimum absolute atomic E-state index is 0.00269. The van der Waals surface area contributed by atoms with Gasteiger partial charge in [-0.15, -0.1) is 0 Å². The summed E-state index contributed by atoms with van der Waals surface area (Å²) in [6.45, 7) is 1.69. The van der Waals surface area contributed by atoms with Gasteiger partial charge in [0.05, 0.1) is 4.90 Å². The molecule has 3 atom stereocenters. The molecule has 2 aromatic rings. The molecule has 3 rings (SSSR count). The molecule has 1 saturated carbocycles. The summed E-state index contributed by atoms with van der Waals surface area (Å²) in [6.07, 6.45) is -0.475. The van der Waals surface area contributed by atoms with Gasteiger partial charge in [-0.25, -0.2) is 22.2 Å². The third-order valence-electron chi connectivity index (χ3n) is 4.44. The molecule has 0 saturated heterocycles. The van der Waals surface area contributed by atoms with Gasteiger partial charge in [-0.05, 0) is 43.4 Å². The number of nitrogens with zero attached hydrogens (tertiary/aromatic N) is 2. The third-order valence-corrected chi connectivity index (χ3v) is 6.29. The van der Waals surface area contributed by atoms with Crippen LogP contribution in [0.15, 0.2) is 35.2 Å². The first kappa shape index (κ1) is 20.5. The van der Waals surface area contributed by atoms with Crippen LogP contribution in [-0.4, -0.2) is 42.3 Å². The van der Waals surface area contributed by atoms with Gasteiger partial charge in [0, 0.05) is 23.4 Å². The van der Waals surface area contributed by atoms with E-state index in [1.54, 1.807) is 13.0 Å². The molecule has 1 N–H and O–H groups in total. The van der Waals surface area contributed by atoms with Gasteiger partial charge in [0.1, 0.15) is 18.2 Å². The van der Waals surface area contributed by atoms with Crippen LogP contribution in [0.2, 0.25) is 0 Å². The molecule has 0 aliphatic heterocycles. The zero-order valence-corrected chi connectivity index (χ0v) is 16.9. The van der Waals surface area contributed by atoms with Gasteiger partial charge < -0.3 is 0 Å². The Morgan fingerprint density at radius 2 is 1.82 bits per heavy atom. The summed E-state index contributed by atoms with van der Waals surface area (Å²) in [6, 6.07) is 5.79. The fourth-order valence-corrected chi connectivity index (χ4v) is 4.24. The number of aromatic nitrogens is 2. The molecule has 150 valence electrons. The van der Waals surface area contributed by atoms with Crippen LogP contribution < -0.4 is 5.32 Å². The average Bonchev–Trinajstić information content (AvgIpc) is 3.17. The lowest BCUT2D eigenvalue weighted by atomic mass is 9.98. The molecular weight excluding hydrogens is 408 g/mol. The van der Waals surface area contributed by atoms with E-state index in [0.717, 1.165) is 17.8 Å². The smallest absolute Gasteiger partial charge is 0.257 e. The summed E-state index contributed by atoms with van der Waals surface area (Å²) in [5, 5.41) is 2.94. The summed E-state index contributed by atoms with van der Waals surface area (Å²) >= 11 is 1.02. The molecular formula is C18H19F2N3O3S2. The van der Waals surface area contributed by atoms with E-state index in [0.29, 0.717) is 16.5 Å². The van der Waals surface area contributed by atoms with E-state index in [1.165, 1.54) is 24.3 Å². The molecule has 6 nitrogen and oxygen atoms in total. The average molecular weight is 427 g/mol. The minimum atomic E-state index is -3.38. The van der Waals surface area contributed by atoms with Crippen LogP contribution in [0.5, 0.6) is 0 Å². The highest BCUT2D eigenvalue weighted by molar-refractivity contribution is 7.90. The highest BCUT2D eigenvalue weighted by atomic mass is 32.2. The van der Waals surface area contributed by atoms with Gasteiger partial charge >= 0.3 is 0 Å². The van der Waals surface area contributed by atoms with Crippen molar-refractivity contribution in [3.8, 4) is 0 Å². The van der Waals surface area contributed by atoms with Crippen molar-refractivity contribution in [1.29, 1.82) is 0 Å². The van der Waals surface area contributed by atoms with E-state index in [4.69, 9.17) is 0 Å². The number of anilines is 1. The lowest BCUT2D eigenvalue weighted by Gasteiger charge is -2.11. The Morgan fingerprint density at radius 3 is 2.32 bits per heavy atom. The van der Waals surface area contributed by atoms with Crippen molar-refractivity contribution < 1.29 is 22.0 Å². The van der Waals surface area contributed by atoms with Crippen molar-refractivity contribution in [2.24, 2.45) is 5.92 Å². The number of amides is 1. The number of carbonyl (C=O) groups excluding carboxylic acids is 1. The first-order chi connectivity index (χ1) is 13.1. The molecule has 0 unspecified atom stereocenters. The highest BCUT2D eigenvalue weighted by Gasteiger charge is 2.34. The van der Waals surface area contributed by atoms with Crippen molar-refractivity contribution in [2.75, 3.05) is 11.6 Å². The van der Waals surface area contributed by atoms with E-state index in [2.05, 4.69) is 14.7 Å². The Bertz CT molecular complexity index is 993. The van der Waals surface area contributed by atoms with Crippen LogP contribution in [0.1, 0.15) is 24.2 Å². The summed E-state index contributed by atoms with van der Waals surface area (Å²) in [5.74, 6) is -0.419. The molecule has 0 spiro atoms. The first-order valence-electron chi connectivity index (χ1n) is 8.55. The number of rotatable bonds is 5. The van der Waals surface area contributed by atoms with Crippen molar-refractivity contribution in [3.05, 3.63) is 41.7 Å². The Kier molecular flexibility index (Phi) is 5.90. The van der Waals surface area contributed by atoms with Gasteiger partial charge in [-0.1, -0.05) is 18.2 Å². The van der Waals surface area contributed by atoms with Crippen LogP contribution in [0.3, 0.4) is 0 Å². The number of sulfone groups is 1. The molecule has 1 heterocycles. The standard InChI is InChI=1S/C18H19F2N3O3S2/c1-10-21-18(27-23-10)22-17(24)14(7-11-8-15(19)16(20)9-11)12-3-5-13(6-4-12)28(2,25)26/h3-7,11,15-16H,8-9H2,1-2H3,(H,21,22,23,24)/b14-7+/t11-,15+,16-. The second-order valence-electron chi connectivity index (χ2n) is 6.74. The Morgan fingerprint density at radius 1 is 1.21 bits per heavy atom. The predicted octanol–water partition coefficient (Wildman–Crippen LogP) is 3.36. The summed E-state index contributed by atoms with van der Waals surface area (Å²) < 4.78 is 54.4. The Labute approximate surface area is 165 Å². The number of aryl methyl sites for hydroxylation is 1. The van der Waals surface area contributed by atoms with Crippen molar-refractivity contribution in [2.45, 2.75) is 37.0 Å². The topological polar surface area (TPSA) is 89.0 Å². The van der Waals surface area contributed by atoms with Gasteiger partial charge in [0.15, 0.2) is 9.84 Å². The maximum absolute atomic E-state index is 13.6. The molecule has 1 fully saturated rings. The summed E-state index contributed by atoms with van der Waals surface area (Å²) in [7, 11) is -3.38. The molecule has 1 amide bonds. The fourth-order valence-electron chi connectivity index (χ4n) is 3.04. The second kappa shape index (κ2) is 8.04. The zero-order chi connectivity index (χ0) is 20.5. The van der Waals surface area contributed by atoms with Crippen molar-refractivity contribution >= 4 is 38.0 Å². The molecule has 10 heteroatoms. The van der Waals surface area contributed by atoms with E-state index < -0.39 is 34.0 Å². The lowest BCUT2D eigenvalue weighted by molar-refractivity contribution is -0.111. The molecule has 0 radical (unpaired) electrons.